The molecule has 0 aliphatic carbocycles. The molecule has 0 saturated heterocycles. The fourth-order valence-electron chi connectivity index (χ4n) is 0.681. The number of rotatable bonds is 2. The predicted octanol–water partition coefficient (Wildman–Crippen LogP) is 1.32. The number of carboxylic acids is 2. The number of hydrogen-bond donors (Lipinski definition) is 2. The summed E-state index contributed by atoms with van der Waals surface area (Å²) in [5.74, 6) is -2.40. The fourth-order valence-corrected chi connectivity index (χ4v) is 0.681. The van der Waals surface area contributed by atoms with E-state index in [-0.39, 0.29) is 36.1 Å². The van der Waals surface area contributed by atoms with Crippen molar-refractivity contribution in [2.45, 2.75) is 0 Å². The minimum absolute atomic E-state index is 0. The molecule has 0 aliphatic heterocycles. The first-order chi connectivity index (χ1) is 5.61. The van der Waals surface area contributed by atoms with E-state index in [0.29, 0.717) is 0 Å². The van der Waals surface area contributed by atoms with Crippen LogP contribution in [0.3, 0.4) is 0 Å². The van der Waals surface area contributed by atoms with Crippen LogP contribution in [0.2, 0.25) is 0 Å². The second-order valence-electron chi connectivity index (χ2n) is 2.04. The van der Waals surface area contributed by atoms with Crippen LogP contribution >= 0.6 is 24.8 Å². The van der Waals surface area contributed by atoms with Crippen LogP contribution in [-0.2, 0) is 0 Å². The molecule has 0 amide bonds. The van der Waals surface area contributed by atoms with Gasteiger partial charge in [-0.25, -0.2) is 14.6 Å². The lowest BCUT2D eigenvalue weighted by Gasteiger charge is -1.94. The monoisotopic (exact) mass is 239 g/mol. The lowest BCUT2D eigenvalue weighted by atomic mass is 10.2. The van der Waals surface area contributed by atoms with Gasteiger partial charge >= 0.3 is 11.9 Å². The van der Waals surface area contributed by atoms with Crippen LogP contribution < -0.4 is 0 Å². The SMILES string of the molecule is Cl.Cl.O=C(O)c1ccnc(C(=O)O)c1. The number of nitrogens with zero attached hydrogens (tertiary/aromatic N) is 1. The minimum atomic E-state index is -1.24. The van der Waals surface area contributed by atoms with E-state index in [0.717, 1.165) is 12.3 Å². The van der Waals surface area contributed by atoms with Crippen molar-refractivity contribution in [3.05, 3.63) is 29.6 Å². The number of aromatic nitrogens is 1. The highest BCUT2D eigenvalue weighted by molar-refractivity contribution is 5.92. The Morgan fingerprint density at radius 2 is 1.71 bits per heavy atom. The van der Waals surface area contributed by atoms with Crippen molar-refractivity contribution in [2.75, 3.05) is 0 Å². The zero-order chi connectivity index (χ0) is 9.14. The van der Waals surface area contributed by atoms with Gasteiger partial charge in [0.05, 0.1) is 5.56 Å². The predicted molar refractivity (Wildman–Crippen MR) is 52.7 cm³/mol. The second-order valence-corrected chi connectivity index (χ2v) is 2.04. The van der Waals surface area contributed by atoms with Gasteiger partial charge in [-0.2, -0.15) is 0 Å². The third kappa shape index (κ3) is 3.59. The van der Waals surface area contributed by atoms with Gasteiger partial charge in [0.15, 0.2) is 0 Å². The van der Waals surface area contributed by atoms with Crippen LogP contribution in [0.4, 0.5) is 0 Å². The summed E-state index contributed by atoms with van der Waals surface area (Å²) in [5.41, 5.74) is -0.350. The lowest BCUT2D eigenvalue weighted by Crippen LogP contribution is -2.03. The minimum Gasteiger partial charge on any atom is -0.478 e. The van der Waals surface area contributed by atoms with Crippen LogP contribution in [0.5, 0.6) is 0 Å². The van der Waals surface area contributed by atoms with Crippen molar-refractivity contribution >= 4 is 36.8 Å². The first kappa shape index (κ1) is 15.2. The average Bonchev–Trinajstić information content (AvgIpc) is 2.04. The third-order valence-electron chi connectivity index (χ3n) is 1.23. The van der Waals surface area contributed by atoms with Crippen molar-refractivity contribution in [3.8, 4) is 0 Å². The van der Waals surface area contributed by atoms with Crippen LogP contribution in [-0.4, -0.2) is 27.1 Å². The Balaban J connectivity index is 0. The van der Waals surface area contributed by atoms with Gasteiger partial charge in [0, 0.05) is 6.20 Å². The molecule has 0 spiro atoms. The standard InChI is InChI=1S/C7H5NO4.2ClH/c9-6(10)4-1-2-8-5(3-4)7(11)12;;/h1-3H,(H,9,10)(H,11,12);2*1H. The number of pyridine rings is 1. The molecule has 7 heteroatoms. The summed E-state index contributed by atoms with van der Waals surface area (Å²) in [4.78, 5) is 24.1. The molecule has 78 valence electrons. The molecule has 0 aromatic carbocycles. The quantitative estimate of drug-likeness (QED) is 0.813. The van der Waals surface area contributed by atoms with Gasteiger partial charge in [-0.1, -0.05) is 0 Å². The van der Waals surface area contributed by atoms with Gasteiger partial charge in [0.1, 0.15) is 5.69 Å². The van der Waals surface area contributed by atoms with E-state index in [1.807, 2.05) is 0 Å². The molecule has 5 nitrogen and oxygen atoms in total. The summed E-state index contributed by atoms with van der Waals surface area (Å²) in [5, 5.41) is 16.9. The molecule has 2 N–H and O–H groups in total. The maximum atomic E-state index is 10.4. The van der Waals surface area contributed by atoms with E-state index in [1.54, 1.807) is 0 Å². The Bertz CT molecular complexity index is 313. The van der Waals surface area contributed by atoms with Crippen LogP contribution in [0.25, 0.3) is 0 Å². The molecule has 0 radical (unpaired) electrons. The zero-order valence-corrected chi connectivity index (χ0v) is 8.34. The first-order valence-corrected chi connectivity index (χ1v) is 3.04. The molecular formula is C7H7Cl2NO4. The summed E-state index contributed by atoms with van der Waals surface area (Å²) >= 11 is 0. The number of carboxylic acid groups (broad SMARTS) is 2. The molecule has 0 aliphatic rings. The Labute approximate surface area is 91.6 Å². The van der Waals surface area contributed by atoms with Crippen LogP contribution in [0.1, 0.15) is 20.8 Å². The number of hydrogen-bond acceptors (Lipinski definition) is 3. The number of halogens is 2. The number of carbonyl (C=O) groups is 2. The van der Waals surface area contributed by atoms with Crippen molar-refractivity contribution in [1.29, 1.82) is 0 Å². The highest BCUT2D eigenvalue weighted by Gasteiger charge is 2.08. The molecule has 0 unspecified atom stereocenters. The average molecular weight is 240 g/mol. The summed E-state index contributed by atoms with van der Waals surface area (Å²) < 4.78 is 0. The molecule has 1 aromatic heterocycles. The van der Waals surface area contributed by atoms with Gasteiger partial charge in [-0.15, -0.1) is 24.8 Å². The van der Waals surface area contributed by atoms with Crippen molar-refractivity contribution in [1.82, 2.24) is 4.98 Å². The van der Waals surface area contributed by atoms with E-state index in [9.17, 15) is 9.59 Å². The topological polar surface area (TPSA) is 87.5 Å². The Morgan fingerprint density at radius 1 is 1.14 bits per heavy atom. The molecule has 14 heavy (non-hydrogen) atoms. The van der Waals surface area contributed by atoms with E-state index in [1.165, 1.54) is 6.07 Å². The van der Waals surface area contributed by atoms with Crippen molar-refractivity contribution < 1.29 is 19.8 Å². The van der Waals surface area contributed by atoms with E-state index in [4.69, 9.17) is 10.2 Å². The summed E-state index contributed by atoms with van der Waals surface area (Å²) in [6, 6.07) is 2.24. The van der Waals surface area contributed by atoms with Crippen molar-refractivity contribution in [2.24, 2.45) is 0 Å². The Hall–Kier alpha value is -1.33. The molecule has 1 aromatic rings. The van der Waals surface area contributed by atoms with Crippen LogP contribution in [0.15, 0.2) is 18.3 Å². The molecule has 1 heterocycles. The summed E-state index contributed by atoms with van der Waals surface area (Å²) in [6.45, 7) is 0. The molecule has 0 bridgehead atoms. The third-order valence-corrected chi connectivity index (χ3v) is 1.23. The Morgan fingerprint density at radius 3 is 2.14 bits per heavy atom. The molecule has 1 rings (SSSR count). The highest BCUT2D eigenvalue weighted by atomic mass is 35.5. The van der Waals surface area contributed by atoms with Gasteiger partial charge in [0.2, 0.25) is 0 Å². The van der Waals surface area contributed by atoms with Gasteiger partial charge in [-0.05, 0) is 12.1 Å². The van der Waals surface area contributed by atoms with Gasteiger partial charge in [-0.3, -0.25) is 0 Å². The maximum Gasteiger partial charge on any atom is 0.354 e. The number of aromatic carboxylic acids is 2. The summed E-state index contributed by atoms with van der Waals surface area (Å²) in [7, 11) is 0. The normalized spacial score (nSPS) is 8.00. The lowest BCUT2D eigenvalue weighted by molar-refractivity contribution is 0.0690. The highest BCUT2D eigenvalue weighted by Crippen LogP contribution is 2.01. The zero-order valence-electron chi connectivity index (χ0n) is 6.71. The fraction of sp³-hybridized carbons (Fsp3) is 0. The van der Waals surface area contributed by atoms with E-state index in [2.05, 4.69) is 4.98 Å². The second kappa shape index (κ2) is 6.17. The van der Waals surface area contributed by atoms with Crippen molar-refractivity contribution in [3.63, 3.8) is 0 Å². The van der Waals surface area contributed by atoms with Gasteiger partial charge < -0.3 is 10.2 Å². The Kier molecular flexibility index (Phi) is 6.68. The summed E-state index contributed by atoms with van der Waals surface area (Å²) in [6.07, 6.45) is 1.15. The van der Waals surface area contributed by atoms with E-state index < -0.39 is 11.9 Å². The largest absolute Gasteiger partial charge is 0.478 e. The smallest absolute Gasteiger partial charge is 0.354 e. The molecular weight excluding hydrogens is 233 g/mol. The van der Waals surface area contributed by atoms with E-state index >= 15 is 0 Å². The molecule has 0 saturated carbocycles. The molecule has 0 fully saturated rings. The van der Waals surface area contributed by atoms with Gasteiger partial charge in [0.25, 0.3) is 0 Å². The molecule has 0 atom stereocenters. The van der Waals surface area contributed by atoms with Crippen LogP contribution in [0, 0.1) is 0 Å². The first-order valence-electron chi connectivity index (χ1n) is 3.04. The maximum absolute atomic E-state index is 10.4.